The summed E-state index contributed by atoms with van der Waals surface area (Å²) in [5.41, 5.74) is 6.14. The first-order valence-electron chi connectivity index (χ1n) is 6.65. The van der Waals surface area contributed by atoms with E-state index in [-0.39, 0.29) is 35.9 Å². The summed E-state index contributed by atoms with van der Waals surface area (Å²) < 4.78 is 19.1. The van der Waals surface area contributed by atoms with Crippen molar-refractivity contribution in [2.45, 2.75) is 32.9 Å². The third kappa shape index (κ3) is 4.01. The Kier molecular flexibility index (Phi) is 4.52. The normalized spacial score (nSPS) is 12.2. The SMILES string of the molecule is CC(C)Oc1nc(N)nc(NC(C)c2ccccc2F)n1. The first-order valence-corrected chi connectivity index (χ1v) is 6.65. The largest absolute Gasteiger partial charge is 0.461 e. The van der Waals surface area contributed by atoms with Gasteiger partial charge in [0.1, 0.15) is 5.82 Å². The van der Waals surface area contributed by atoms with Gasteiger partial charge in [0.25, 0.3) is 0 Å². The van der Waals surface area contributed by atoms with Crippen LogP contribution in [-0.4, -0.2) is 21.1 Å². The number of ether oxygens (including phenoxy) is 1. The Morgan fingerprint density at radius 1 is 1.14 bits per heavy atom. The smallest absolute Gasteiger partial charge is 0.323 e. The summed E-state index contributed by atoms with van der Waals surface area (Å²) in [4.78, 5) is 12.0. The van der Waals surface area contributed by atoms with Gasteiger partial charge < -0.3 is 15.8 Å². The molecule has 1 unspecified atom stereocenters. The molecule has 21 heavy (non-hydrogen) atoms. The molecular weight excluding hydrogens is 273 g/mol. The molecule has 6 nitrogen and oxygen atoms in total. The highest BCUT2D eigenvalue weighted by molar-refractivity contribution is 5.36. The van der Waals surface area contributed by atoms with E-state index in [1.807, 2.05) is 13.8 Å². The topological polar surface area (TPSA) is 86.0 Å². The maximum absolute atomic E-state index is 13.7. The maximum Gasteiger partial charge on any atom is 0.323 e. The Morgan fingerprint density at radius 3 is 2.52 bits per heavy atom. The highest BCUT2D eigenvalue weighted by Gasteiger charge is 2.13. The summed E-state index contributed by atoms with van der Waals surface area (Å²) in [5.74, 6) is -0.00373. The number of nitrogens with one attached hydrogen (secondary N) is 1. The highest BCUT2D eigenvalue weighted by atomic mass is 19.1. The van der Waals surface area contributed by atoms with Crippen LogP contribution in [0.5, 0.6) is 6.01 Å². The number of aromatic nitrogens is 3. The summed E-state index contributed by atoms with van der Waals surface area (Å²) in [6, 6.07) is 6.33. The summed E-state index contributed by atoms with van der Waals surface area (Å²) in [6.07, 6.45) is -0.0800. The molecule has 1 aromatic heterocycles. The lowest BCUT2D eigenvalue weighted by atomic mass is 10.1. The van der Waals surface area contributed by atoms with E-state index < -0.39 is 0 Å². The number of anilines is 2. The van der Waals surface area contributed by atoms with Gasteiger partial charge in [-0.15, -0.1) is 0 Å². The molecule has 0 fully saturated rings. The molecule has 1 atom stereocenters. The first-order chi connectivity index (χ1) is 9.95. The van der Waals surface area contributed by atoms with Crippen LogP contribution in [0.3, 0.4) is 0 Å². The lowest BCUT2D eigenvalue weighted by Crippen LogP contribution is -2.15. The van der Waals surface area contributed by atoms with Crippen molar-refractivity contribution in [2.24, 2.45) is 0 Å². The molecule has 1 aromatic carbocycles. The first kappa shape index (κ1) is 15.0. The summed E-state index contributed by atoms with van der Waals surface area (Å²) in [5, 5.41) is 2.99. The molecule has 1 heterocycles. The van der Waals surface area contributed by atoms with Crippen LogP contribution in [-0.2, 0) is 0 Å². The quantitative estimate of drug-likeness (QED) is 0.880. The molecule has 7 heteroatoms. The molecule has 3 N–H and O–H groups in total. The number of benzene rings is 1. The number of halogens is 1. The Bertz CT molecular complexity index is 620. The summed E-state index contributed by atoms with van der Waals surface area (Å²) in [6.45, 7) is 5.52. The Labute approximate surface area is 122 Å². The lowest BCUT2D eigenvalue weighted by Gasteiger charge is -2.16. The molecular formula is C14H18FN5O. The van der Waals surface area contributed by atoms with E-state index in [2.05, 4.69) is 20.3 Å². The van der Waals surface area contributed by atoms with Gasteiger partial charge in [0.05, 0.1) is 12.1 Å². The van der Waals surface area contributed by atoms with Crippen LogP contribution in [0.2, 0.25) is 0 Å². The zero-order chi connectivity index (χ0) is 15.4. The van der Waals surface area contributed by atoms with Crippen LogP contribution in [0.15, 0.2) is 24.3 Å². The van der Waals surface area contributed by atoms with Crippen LogP contribution in [0, 0.1) is 5.82 Å². The van der Waals surface area contributed by atoms with Crippen molar-refractivity contribution < 1.29 is 9.13 Å². The lowest BCUT2D eigenvalue weighted by molar-refractivity contribution is 0.222. The second-order valence-corrected chi connectivity index (χ2v) is 4.85. The van der Waals surface area contributed by atoms with Crippen LogP contribution >= 0.6 is 0 Å². The fourth-order valence-electron chi connectivity index (χ4n) is 1.80. The molecule has 0 bridgehead atoms. The van der Waals surface area contributed by atoms with E-state index in [0.29, 0.717) is 5.56 Å². The van der Waals surface area contributed by atoms with Crippen LogP contribution in [0.1, 0.15) is 32.4 Å². The van der Waals surface area contributed by atoms with E-state index >= 15 is 0 Å². The van der Waals surface area contributed by atoms with E-state index in [4.69, 9.17) is 10.5 Å². The molecule has 0 radical (unpaired) electrons. The van der Waals surface area contributed by atoms with Gasteiger partial charge in [-0.25, -0.2) is 4.39 Å². The van der Waals surface area contributed by atoms with Crippen molar-refractivity contribution in [2.75, 3.05) is 11.1 Å². The second kappa shape index (κ2) is 6.34. The van der Waals surface area contributed by atoms with Crippen molar-refractivity contribution in [3.05, 3.63) is 35.6 Å². The molecule has 2 rings (SSSR count). The number of rotatable bonds is 5. The third-order valence-corrected chi connectivity index (χ3v) is 2.69. The van der Waals surface area contributed by atoms with Gasteiger partial charge in [-0.05, 0) is 26.8 Å². The number of hydrogen-bond donors (Lipinski definition) is 2. The summed E-state index contributed by atoms with van der Waals surface area (Å²) >= 11 is 0. The van der Waals surface area contributed by atoms with Crippen molar-refractivity contribution >= 4 is 11.9 Å². The second-order valence-electron chi connectivity index (χ2n) is 4.85. The van der Waals surface area contributed by atoms with Crippen LogP contribution < -0.4 is 15.8 Å². The molecule has 0 amide bonds. The standard InChI is InChI=1S/C14H18FN5O/c1-8(2)21-14-19-12(16)18-13(20-14)17-9(3)10-6-4-5-7-11(10)15/h4-9H,1-3H3,(H3,16,17,18,19,20). The molecule has 0 spiro atoms. The van der Waals surface area contributed by atoms with Crippen LogP contribution in [0.25, 0.3) is 0 Å². The van der Waals surface area contributed by atoms with E-state index in [9.17, 15) is 4.39 Å². The number of nitrogen functional groups attached to an aromatic ring is 1. The minimum absolute atomic E-state index is 0.0453. The average Bonchev–Trinajstić information content (AvgIpc) is 2.37. The van der Waals surface area contributed by atoms with Gasteiger partial charge in [-0.3, -0.25) is 0 Å². The monoisotopic (exact) mass is 291 g/mol. The van der Waals surface area contributed by atoms with Crippen molar-refractivity contribution in [3.63, 3.8) is 0 Å². The van der Waals surface area contributed by atoms with Crippen molar-refractivity contribution in [1.29, 1.82) is 0 Å². The fraction of sp³-hybridized carbons (Fsp3) is 0.357. The molecule has 0 aliphatic rings. The average molecular weight is 291 g/mol. The summed E-state index contributed by atoms with van der Waals surface area (Å²) in [7, 11) is 0. The van der Waals surface area contributed by atoms with Crippen molar-refractivity contribution in [1.82, 2.24) is 15.0 Å². The number of hydrogen-bond acceptors (Lipinski definition) is 6. The minimum atomic E-state index is -0.320. The van der Waals surface area contributed by atoms with Gasteiger partial charge in [0.2, 0.25) is 11.9 Å². The van der Waals surface area contributed by atoms with Gasteiger partial charge in [-0.1, -0.05) is 18.2 Å². The zero-order valence-corrected chi connectivity index (χ0v) is 12.2. The third-order valence-electron chi connectivity index (χ3n) is 2.69. The predicted molar refractivity (Wildman–Crippen MR) is 78.4 cm³/mol. The molecule has 0 saturated carbocycles. The molecule has 112 valence electrons. The Balaban J connectivity index is 2.19. The Hall–Kier alpha value is -2.44. The van der Waals surface area contributed by atoms with Gasteiger partial charge in [0, 0.05) is 5.56 Å². The number of nitrogens with two attached hydrogens (primary N) is 1. The molecule has 0 aliphatic heterocycles. The fourth-order valence-corrected chi connectivity index (χ4v) is 1.80. The number of nitrogens with zero attached hydrogens (tertiary/aromatic N) is 3. The molecule has 0 aliphatic carbocycles. The maximum atomic E-state index is 13.7. The van der Waals surface area contributed by atoms with Crippen molar-refractivity contribution in [3.8, 4) is 6.01 Å². The Morgan fingerprint density at radius 2 is 1.86 bits per heavy atom. The zero-order valence-electron chi connectivity index (χ0n) is 12.2. The van der Waals surface area contributed by atoms with E-state index in [0.717, 1.165) is 0 Å². The van der Waals surface area contributed by atoms with Gasteiger partial charge in [0.15, 0.2) is 0 Å². The van der Waals surface area contributed by atoms with Crippen LogP contribution in [0.4, 0.5) is 16.3 Å². The van der Waals surface area contributed by atoms with E-state index in [1.54, 1.807) is 25.1 Å². The van der Waals surface area contributed by atoms with Gasteiger partial charge in [-0.2, -0.15) is 15.0 Å². The molecule has 2 aromatic rings. The van der Waals surface area contributed by atoms with E-state index in [1.165, 1.54) is 6.07 Å². The van der Waals surface area contributed by atoms with Gasteiger partial charge >= 0.3 is 6.01 Å². The predicted octanol–water partition coefficient (Wildman–Crippen LogP) is 2.55. The molecule has 0 saturated heterocycles. The minimum Gasteiger partial charge on any atom is -0.461 e. The highest BCUT2D eigenvalue weighted by Crippen LogP contribution is 2.20.